The summed E-state index contributed by atoms with van der Waals surface area (Å²) in [6, 6.07) is 19.7. The van der Waals surface area contributed by atoms with Crippen LogP contribution >= 0.6 is 23.4 Å². The molecule has 1 aromatic heterocycles. The maximum Gasteiger partial charge on any atom is 0.250 e. The Labute approximate surface area is 216 Å². The Morgan fingerprint density at radius 2 is 1.83 bits per heavy atom. The molecular formula is C25H22ClN5O4S. The van der Waals surface area contributed by atoms with Gasteiger partial charge >= 0.3 is 0 Å². The van der Waals surface area contributed by atoms with Crippen LogP contribution in [0, 0.1) is 0 Å². The number of ether oxygens (including phenoxy) is 2. The lowest BCUT2D eigenvalue weighted by atomic mass is 10.2. The maximum absolute atomic E-state index is 12.4. The summed E-state index contributed by atoms with van der Waals surface area (Å²) in [5.74, 6) is 1.27. The highest BCUT2D eigenvalue weighted by atomic mass is 35.5. The van der Waals surface area contributed by atoms with Gasteiger partial charge in [0, 0.05) is 21.8 Å². The zero-order chi connectivity index (χ0) is 25.5. The summed E-state index contributed by atoms with van der Waals surface area (Å²) in [6.45, 7) is 0. The standard InChI is InChI=1S/C25H22ClN5O4S/c1-34-20-12-6-16(7-13-20)24-29-30-25(31(24)19-10-8-18(26)9-11-19)36-15-22(32)28-27-14-17-4-3-5-21(35-2)23(17)33/h3-14,33H,15H2,1-2H3,(H,28,32)/b27-14+. The molecule has 9 nitrogen and oxygen atoms in total. The van der Waals surface area contributed by atoms with E-state index in [4.69, 9.17) is 21.1 Å². The smallest absolute Gasteiger partial charge is 0.250 e. The van der Waals surface area contributed by atoms with Gasteiger partial charge in [-0.1, -0.05) is 29.4 Å². The first kappa shape index (κ1) is 25.1. The summed E-state index contributed by atoms with van der Waals surface area (Å²) in [5, 5.41) is 23.8. The molecule has 4 rings (SSSR count). The Hall–Kier alpha value is -4.02. The van der Waals surface area contributed by atoms with Crippen LogP contribution in [0.5, 0.6) is 17.2 Å². The molecule has 0 bridgehead atoms. The summed E-state index contributed by atoms with van der Waals surface area (Å²) in [5.41, 5.74) is 4.49. The number of benzene rings is 3. The van der Waals surface area contributed by atoms with Crippen molar-refractivity contribution in [2.24, 2.45) is 5.10 Å². The molecule has 0 radical (unpaired) electrons. The highest BCUT2D eigenvalue weighted by Crippen LogP contribution is 2.30. The Balaban J connectivity index is 1.51. The number of aromatic nitrogens is 3. The van der Waals surface area contributed by atoms with Crippen molar-refractivity contribution < 1.29 is 19.4 Å². The van der Waals surface area contributed by atoms with Crippen LogP contribution in [0.15, 0.2) is 77.0 Å². The fourth-order valence-electron chi connectivity index (χ4n) is 3.26. The van der Waals surface area contributed by atoms with Gasteiger partial charge in [-0.15, -0.1) is 10.2 Å². The Morgan fingerprint density at radius 3 is 2.53 bits per heavy atom. The summed E-state index contributed by atoms with van der Waals surface area (Å²) in [4.78, 5) is 12.4. The number of aromatic hydroxyl groups is 1. The Morgan fingerprint density at radius 1 is 1.08 bits per heavy atom. The minimum Gasteiger partial charge on any atom is -0.504 e. The third kappa shape index (κ3) is 5.78. The van der Waals surface area contributed by atoms with E-state index in [9.17, 15) is 9.90 Å². The third-order valence-electron chi connectivity index (χ3n) is 5.04. The molecule has 3 aromatic carbocycles. The van der Waals surface area contributed by atoms with E-state index in [0.717, 1.165) is 17.0 Å². The molecule has 4 aromatic rings. The van der Waals surface area contributed by atoms with Gasteiger partial charge in [0.15, 0.2) is 22.5 Å². The Bertz CT molecular complexity index is 1370. The van der Waals surface area contributed by atoms with Gasteiger partial charge in [0.05, 0.1) is 26.2 Å². The van der Waals surface area contributed by atoms with Crippen molar-refractivity contribution in [1.82, 2.24) is 20.2 Å². The van der Waals surface area contributed by atoms with Crippen molar-refractivity contribution in [2.75, 3.05) is 20.0 Å². The molecule has 0 aliphatic carbocycles. The monoisotopic (exact) mass is 523 g/mol. The van der Waals surface area contributed by atoms with Crippen LogP contribution in [0.4, 0.5) is 0 Å². The lowest BCUT2D eigenvalue weighted by molar-refractivity contribution is -0.118. The number of carbonyl (C=O) groups excluding carboxylic acids is 1. The summed E-state index contributed by atoms with van der Waals surface area (Å²) >= 11 is 7.29. The fraction of sp³-hybridized carbons (Fsp3) is 0.120. The number of carbonyl (C=O) groups is 1. The molecule has 184 valence electrons. The van der Waals surface area contributed by atoms with Gasteiger partial charge in [-0.05, 0) is 60.7 Å². The molecule has 1 amide bonds. The quantitative estimate of drug-likeness (QED) is 0.188. The number of amides is 1. The Kier molecular flexibility index (Phi) is 8.09. The van der Waals surface area contributed by atoms with Crippen LogP contribution in [0.3, 0.4) is 0 Å². The molecular weight excluding hydrogens is 502 g/mol. The molecule has 2 N–H and O–H groups in total. The average molecular weight is 524 g/mol. The van der Waals surface area contributed by atoms with Gasteiger partial charge in [-0.2, -0.15) is 5.10 Å². The zero-order valence-electron chi connectivity index (χ0n) is 19.4. The number of phenolic OH excluding ortho intramolecular Hbond substituents is 1. The number of rotatable bonds is 9. The molecule has 0 aliphatic rings. The van der Waals surface area contributed by atoms with Crippen molar-refractivity contribution >= 4 is 35.5 Å². The molecule has 0 saturated heterocycles. The number of thioether (sulfide) groups is 1. The van der Waals surface area contributed by atoms with Crippen molar-refractivity contribution in [3.8, 4) is 34.3 Å². The molecule has 0 aliphatic heterocycles. The molecule has 1 heterocycles. The largest absolute Gasteiger partial charge is 0.504 e. The van der Waals surface area contributed by atoms with Crippen LogP contribution in [0.2, 0.25) is 5.02 Å². The number of phenols is 1. The van der Waals surface area contributed by atoms with Crippen molar-refractivity contribution in [1.29, 1.82) is 0 Å². The number of nitrogens with zero attached hydrogens (tertiary/aromatic N) is 4. The van der Waals surface area contributed by atoms with Crippen LogP contribution in [0.1, 0.15) is 5.56 Å². The molecule has 0 fully saturated rings. The summed E-state index contributed by atoms with van der Waals surface area (Å²) in [7, 11) is 3.06. The van der Waals surface area contributed by atoms with Crippen molar-refractivity contribution in [2.45, 2.75) is 5.16 Å². The highest BCUT2D eigenvalue weighted by molar-refractivity contribution is 7.99. The van der Waals surface area contributed by atoms with Gasteiger partial charge < -0.3 is 14.6 Å². The summed E-state index contributed by atoms with van der Waals surface area (Å²) < 4.78 is 12.2. The van der Waals surface area contributed by atoms with E-state index in [1.165, 1.54) is 25.1 Å². The number of hydrogen-bond acceptors (Lipinski definition) is 8. The molecule has 0 saturated carbocycles. The van der Waals surface area contributed by atoms with Crippen molar-refractivity contribution in [3.05, 3.63) is 77.3 Å². The first-order chi connectivity index (χ1) is 17.5. The zero-order valence-corrected chi connectivity index (χ0v) is 21.0. The number of para-hydroxylation sites is 1. The predicted molar refractivity (Wildman–Crippen MR) is 139 cm³/mol. The number of methoxy groups -OCH3 is 2. The van der Waals surface area contributed by atoms with E-state index in [2.05, 4.69) is 20.7 Å². The minimum atomic E-state index is -0.352. The van der Waals surface area contributed by atoms with Crippen LogP contribution in [-0.2, 0) is 4.79 Å². The van der Waals surface area contributed by atoms with Gasteiger partial charge in [-0.25, -0.2) is 5.43 Å². The second-order valence-corrected chi connectivity index (χ2v) is 8.71. The second kappa shape index (κ2) is 11.6. The number of hydrogen-bond donors (Lipinski definition) is 2. The predicted octanol–water partition coefficient (Wildman–Crippen LogP) is 4.55. The van der Waals surface area contributed by atoms with Gasteiger partial charge in [-0.3, -0.25) is 9.36 Å². The minimum absolute atomic E-state index is 0.0375. The average Bonchev–Trinajstić information content (AvgIpc) is 3.33. The van der Waals surface area contributed by atoms with Crippen LogP contribution in [-0.4, -0.2) is 52.0 Å². The second-order valence-electron chi connectivity index (χ2n) is 7.33. The van der Waals surface area contributed by atoms with Gasteiger partial charge in [0.25, 0.3) is 5.91 Å². The number of halogens is 1. The van der Waals surface area contributed by atoms with Crippen LogP contribution in [0.25, 0.3) is 17.1 Å². The lowest BCUT2D eigenvalue weighted by Crippen LogP contribution is -2.20. The molecule has 11 heteroatoms. The van der Waals surface area contributed by atoms with E-state index >= 15 is 0 Å². The molecule has 36 heavy (non-hydrogen) atoms. The first-order valence-electron chi connectivity index (χ1n) is 10.7. The molecule has 0 unspecified atom stereocenters. The maximum atomic E-state index is 12.4. The summed E-state index contributed by atoms with van der Waals surface area (Å²) in [6.07, 6.45) is 1.35. The SMILES string of the molecule is COc1ccc(-c2nnc(SCC(=O)N/N=C/c3cccc(OC)c3O)n2-c2ccc(Cl)cc2)cc1. The normalized spacial score (nSPS) is 11.0. The van der Waals surface area contributed by atoms with E-state index in [-0.39, 0.29) is 17.4 Å². The van der Waals surface area contributed by atoms with Gasteiger partial charge in [0.2, 0.25) is 0 Å². The highest BCUT2D eigenvalue weighted by Gasteiger charge is 2.17. The first-order valence-corrected chi connectivity index (χ1v) is 12.0. The molecule has 0 atom stereocenters. The lowest BCUT2D eigenvalue weighted by Gasteiger charge is -2.11. The van der Waals surface area contributed by atoms with Gasteiger partial charge in [0.1, 0.15) is 5.75 Å². The van der Waals surface area contributed by atoms with Crippen molar-refractivity contribution in [3.63, 3.8) is 0 Å². The number of nitrogens with one attached hydrogen (secondary N) is 1. The van der Waals surface area contributed by atoms with E-state index in [1.54, 1.807) is 37.4 Å². The third-order valence-corrected chi connectivity index (χ3v) is 6.22. The van der Waals surface area contributed by atoms with E-state index < -0.39 is 0 Å². The fourth-order valence-corrected chi connectivity index (χ4v) is 4.13. The van der Waals surface area contributed by atoms with Crippen LogP contribution < -0.4 is 14.9 Å². The number of hydrazone groups is 1. The topological polar surface area (TPSA) is 111 Å². The molecule has 0 spiro atoms. The van der Waals surface area contributed by atoms with E-state index in [1.807, 2.05) is 41.0 Å². The van der Waals surface area contributed by atoms with E-state index in [0.29, 0.717) is 27.3 Å².